The smallest absolute Gasteiger partial charge is 0.201 e. The van der Waals surface area contributed by atoms with Gasteiger partial charge in [-0.2, -0.15) is 5.26 Å². The Bertz CT molecular complexity index is 925. The molecule has 0 bridgehead atoms. The maximum Gasteiger partial charge on any atom is 0.201 e. The van der Waals surface area contributed by atoms with Crippen LogP contribution in [0.3, 0.4) is 0 Å². The normalized spacial score (nSPS) is 10.8. The third-order valence-corrected chi connectivity index (χ3v) is 3.65. The molecule has 1 heterocycles. The first-order chi connectivity index (χ1) is 9.11. The monoisotopic (exact) mass is 333 g/mol. The summed E-state index contributed by atoms with van der Waals surface area (Å²) in [6.45, 7) is 0. The molecule has 3 aromatic rings. The van der Waals surface area contributed by atoms with E-state index in [1.807, 2.05) is 6.07 Å². The van der Waals surface area contributed by atoms with E-state index in [9.17, 15) is 4.79 Å². The summed E-state index contributed by atoms with van der Waals surface area (Å²) in [7, 11) is 0. The highest BCUT2D eigenvalue weighted by molar-refractivity contribution is 9.10. The van der Waals surface area contributed by atoms with Gasteiger partial charge in [-0.15, -0.1) is 0 Å². The molecule has 0 fully saturated rings. The van der Waals surface area contributed by atoms with Crippen LogP contribution in [-0.4, -0.2) is 0 Å². The molecule has 1 aromatic heterocycles. The van der Waals surface area contributed by atoms with Gasteiger partial charge in [0.2, 0.25) is 5.43 Å². The molecule has 0 saturated heterocycles. The van der Waals surface area contributed by atoms with Gasteiger partial charge >= 0.3 is 0 Å². The number of rotatable bonds is 0. The molecule has 0 aliphatic rings. The number of halogens is 2. The zero-order valence-corrected chi connectivity index (χ0v) is 11.7. The summed E-state index contributed by atoms with van der Waals surface area (Å²) in [6.07, 6.45) is 0. The fourth-order valence-electron chi connectivity index (χ4n) is 1.99. The number of fused-ring (bicyclic) bond motifs is 2. The van der Waals surface area contributed by atoms with Crippen molar-refractivity contribution in [3.05, 3.63) is 55.6 Å². The zero-order chi connectivity index (χ0) is 13.6. The van der Waals surface area contributed by atoms with E-state index in [1.165, 1.54) is 6.07 Å². The summed E-state index contributed by atoms with van der Waals surface area (Å²) < 4.78 is 6.47. The van der Waals surface area contributed by atoms with Gasteiger partial charge in [-0.05, 0) is 30.3 Å². The van der Waals surface area contributed by atoms with Crippen LogP contribution in [-0.2, 0) is 0 Å². The Morgan fingerprint density at radius 3 is 2.79 bits per heavy atom. The maximum absolute atomic E-state index is 12.4. The van der Waals surface area contributed by atoms with E-state index in [4.69, 9.17) is 21.3 Å². The molecule has 5 heteroatoms. The fourth-order valence-corrected chi connectivity index (χ4v) is 2.52. The minimum Gasteiger partial charge on any atom is -0.454 e. The van der Waals surface area contributed by atoms with Crippen LogP contribution in [0.25, 0.3) is 21.9 Å². The van der Waals surface area contributed by atoms with Gasteiger partial charge in [-0.25, -0.2) is 0 Å². The van der Waals surface area contributed by atoms with Crippen molar-refractivity contribution >= 4 is 49.5 Å². The van der Waals surface area contributed by atoms with Crippen molar-refractivity contribution < 1.29 is 4.42 Å². The molecule has 0 atom stereocenters. The average Bonchev–Trinajstić information content (AvgIpc) is 2.40. The molecule has 3 rings (SSSR count). The van der Waals surface area contributed by atoms with E-state index in [0.717, 1.165) is 4.47 Å². The number of benzene rings is 2. The van der Waals surface area contributed by atoms with Gasteiger partial charge in [0.25, 0.3) is 0 Å². The first kappa shape index (κ1) is 12.2. The van der Waals surface area contributed by atoms with Crippen LogP contribution in [0.1, 0.15) is 5.56 Å². The molecule has 0 N–H and O–H groups in total. The second-order valence-corrected chi connectivity index (χ2v) is 5.31. The van der Waals surface area contributed by atoms with Crippen molar-refractivity contribution in [2.75, 3.05) is 0 Å². The van der Waals surface area contributed by atoms with Crippen molar-refractivity contribution in [3.8, 4) is 6.07 Å². The highest BCUT2D eigenvalue weighted by atomic mass is 79.9. The second-order valence-electron chi connectivity index (χ2n) is 3.98. The van der Waals surface area contributed by atoms with Crippen LogP contribution in [0.5, 0.6) is 0 Å². The highest BCUT2D eigenvalue weighted by Gasteiger charge is 2.14. The summed E-state index contributed by atoms with van der Waals surface area (Å²) in [5.74, 6) is 0. The molecule has 0 saturated carbocycles. The third kappa shape index (κ3) is 1.83. The van der Waals surface area contributed by atoms with Crippen LogP contribution < -0.4 is 5.43 Å². The van der Waals surface area contributed by atoms with E-state index in [2.05, 4.69) is 15.9 Å². The largest absolute Gasteiger partial charge is 0.454 e. The molecule has 2 aromatic carbocycles. The molecular formula is C14H5BrClNO2. The lowest BCUT2D eigenvalue weighted by Gasteiger charge is -2.04. The summed E-state index contributed by atoms with van der Waals surface area (Å²) in [5.41, 5.74) is 0.695. The number of hydrogen-bond donors (Lipinski definition) is 0. The second kappa shape index (κ2) is 4.37. The van der Waals surface area contributed by atoms with Crippen molar-refractivity contribution in [2.45, 2.75) is 0 Å². The molecule has 92 valence electrons. The fraction of sp³-hybridized carbons (Fsp3) is 0. The van der Waals surface area contributed by atoms with E-state index in [1.54, 1.807) is 24.3 Å². The minimum atomic E-state index is -0.247. The topological polar surface area (TPSA) is 54.0 Å². The Morgan fingerprint density at radius 1 is 1.26 bits per heavy atom. The van der Waals surface area contributed by atoms with Crippen molar-refractivity contribution in [3.63, 3.8) is 0 Å². The van der Waals surface area contributed by atoms with Gasteiger partial charge in [-0.1, -0.05) is 27.5 Å². The first-order valence-electron chi connectivity index (χ1n) is 5.36. The lowest BCUT2D eigenvalue weighted by Crippen LogP contribution is -2.04. The van der Waals surface area contributed by atoms with Crippen LogP contribution in [0.2, 0.25) is 5.02 Å². The van der Waals surface area contributed by atoms with Crippen molar-refractivity contribution in [1.82, 2.24) is 0 Å². The summed E-state index contributed by atoms with van der Waals surface area (Å²) in [6, 6.07) is 10.2. The number of hydrogen-bond acceptors (Lipinski definition) is 3. The van der Waals surface area contributed by atoms with Crippen LogP contribution in [0.15, 0.2) is 44.0 Å². The quantitative estimate of drug-likeness (QED) is 0.578. The van der Waals surface area contributed by atoms with E-state index < -0.39 is 0 Å². The predicted octanol–water partition coefficient (Wildman–Crippen LogP) is 4.23. The van der Waals surface area contributed by atoms with Gasteiger partial charge in [0.05, 0.1) is 21.4 Å². The Kier molecular flexibility index (Phi) is 2.81. The third-order valence-electron chi connectivity index (χ3n) is 2.86. The lowest BCUT2D eigenvalue weighted by atomic mass is 10.1. The van der Waals surface area contributed by atoms with Crippen LogP contribution in [0.4, 0.5) is 0 Å². The predicted molar refractivity (Wildman–Crippen MR) is 77.4 cm³/mol. The van der Waals surface area contributed by atoms with Gasteiger partial charge < -0.3 is 4.42 Å². The van der Waals surface area contributed by atoms with Crippen LogP contribution >= 0.6 is 27.5 Å². The maximum atomic E-state index is 12.4. The van der Waals surface area contributed by atoms with Crippen molar-refractivity contribution in [2.24, 2.45) is 0 Å². The molecular weight excluding hydrogens is 330 g/mol. The molecule has 0 aliphatic carbocycles. The Morgan fingerprint density at radius 2 is 2.05 bits per heavy atom. The average molecular weight is 335 g/mol. The van der Waals surface area contributed by atoms with E-state index in [0.29, 0.717) is 16.0 Å². The zero-order valence-electron chi connectivity index (χ0n) is 9.41. The molecule has 0 radical (unpaired) electrons. The van der Waals surface area contributed by atoms with E-state index >= 15 is 0 Å². The molecule has 0 spiro atoms. The summed E-state index contributed by atoms with van der Waals surface area (Å²) in [4.78, 5) is 12.4. The van der Waals surface area contributed by atoms with Gasteiger partial charge in [0, 0.05) is 4.47 Å². The summed E-state index contributed by atoms with van der Waals surface area (Å²) >= 11 is 9.36. The molecule has 3 nitrogen and oxygen atoms in total. The summed E-state index contributed by atoms with van der Waals surface area (Å²) in [5, 5.41) is 10.1. The lowest BCUT2D eigenvalue weighted by molar-refractivity contribution is 0.659. The number of nitrogens with zero attached hydrogens (tertiary/aromatic N) is 1. The minimum absolute atomic E-state index is 0.227. The SMILES string of the molecule is N#Cc1ccc(Cl)c2oc3cc(Br)ccc3c(=O)c12. The van der Waals surface area contributed by atoms with Crippen LogP contribution in [0, 0.1) is 11.3 Å². The van der Waals surface area contributed by atoms with Gasteiger partial charge in [-0.3, -0.25) is 4.79 Å². The number of nitriles is 1. The molecule has 0 aliphatic heterocycles. The Balaban J connectivity index is 2.66. The van der Waals surface area contributed by atoms with Gasteiger partial charge in [0.15, 0.2) is 5.58 Å². The van der Waals surface area contributed by atoms with Gasteiger partial charge in [0.1, 0.15) is 11.7 Å². The Labute approximate surface area is 121 Å². The molecule has 0 unspecified atom stereocenters. The standard InChI is InChI=1S/C14H5BrClNO2/c15-8-2-3-9-11(5-8)19-14-10(16)4-1-7(6-17)12(14)13(9)18/h1-5H. The molecule has 19 heavy (non-hydrogen) atoms. The Hall–Kier alpha value is -1.83. The van der Waals surface area contributed by atoms with Crippen molar-refractivity contribution in [1.29, 1.82) is 5.26 Å². The molecule has 0 amide bonds. The van der Waals surface area contributed by atoms with E-state index in [-0.39, 0.29) is 22.0 Å². The first-order valence-corrected chi connectivity index (χ1v) is 6.53. The highest BCUT2D eigenvalue weighted by Crippen LogP contribution is 2.28.